The molecular formula is C30H35N5O5. The van der Waals surface area contributed by atoms with Crippen LogP contribution in [-0.2, 0) is 16.1 Å². The maximum atomic E-state index is 14.3. The molecule has 0 aliphatic carbocycles. The first-order valence-electron chi connectivity index (χ1n) is 13.0. The third-order valence-corrected chi connectivity index (χ3v) is 6.89. The van der Waals surface area contributed by atoms with Crippen molar-refractivity contribution in [1.29, 1.82) is 0 Å². The summed E-state index contributed by atoms with van der Waals surface area (Å²) in [5, 5.41) is 11.5. The Kier molecular flexibility index (Phi) is 8.57. The number of nitrogens with one attached hydrogen (secondary N) is 1. The molecule has 210 valence electrons. The van der Waals surface area contributed by atoms with Gasteiger partial charge in [-0.1, -0.05) is 42.5 Å². The number of benzene rings is 3. The lowest BCUT2D eigenvalue weighted by atomic mass is 9.97. The van der Waals surface area contributed by atoms with Crippen LogP contribution in [0.1, 0.15) is 38.8 Å². The van der Waals surface area contributed by atoms with Crippen molar-refractivity contribution in [2.24, 2.45) is 0 Å². The molecule has 4 aromatic rings. The molecule has 0 unspecified atom stereocenters. The fraction of sp³-hybridized carbons (Fsp3) is 0.333. The fourth-order valence-electron chi connectivity index (χ4n) is 4.42. The van der Waals surface area contributed by atoms with Crippen molar-refractivity contribution in [3.63, 3.8) is 0 Å². The number of hydrogen-bond donors (Lipinski definition) is 1. The van der Waals surface area contributed by atoms with E-state index in [0.29, 0.717) is 46.0 Å². The molecule has 1 aromatic heterocycles. The second-order valence-corrected chi connectivity index (χ2v) is 9.92. The van der Waals surface area contributed by atoms with Gasteiger partial charge < -0.3 is 19.5 Å². The van der Waals surface area contributed by atoms with Gasteiger partial charge in [-0.05, 0) is 62.2 Å². The molecular weight excluding hydrogens is 510 g/mol. The van der Waals surface area contributed by atoms with Crippen LogP contribution >= 0.6 is 0 Å². The van der Waals surface area contributed by atoms with E-state index in [0.717, 1.165) is 0 Å². The lowest BCUT2D eigenvalue weighted by Crippen LogP contribution is -2.51. The van der Waals surface area contributed by atoms with Gasteiger partial charge in [0.25, 0.3) is 0 Å². The molecule has 0 aliphatic heterocycles. The number of anilines is 1. The van der Waals surface area contributed by atoms with Crippen LogP contribution in [0.25, 0.3) is 11.0 Å². The van der Waals surface area contributed by atoms with Gasteiger partial charge in [0.1, 0.15) is 23.9 Å². The van der Waals surface area contributed by atoms with Crippen LogP contribution in [0.5, 0.6) is 17.2 Å². The Morgan fingerprint density at radius 1 is 0.925 bits per heavy atom. The van der Waals surface area contributed by atoms with Crippen molar-refractivity contribution in [2.75, 3.05) is 26.2 Å². The Morgan fingerprint density at radius 2 is 1.60 bits per heavy atom. The van der Waals surface area contributed by atoms with Crippen molar-refractivity contribution < 1.29 is 23.8 Å². The molecule has 0 spiro atoms. The second-order valence-electron chi connectivity index (χ2n) is 9.92. The van der Waals surface area contributed by atoms with Gasteiger partial charge in [0.2, 0.25) is 11.8 Å². The fourth-order valence-corrected chi connectivity index (χ4v) is 4.42. The Labute approximate surface area is 233 Å². The Balaban J connectivity index is 1.90. The van der Waals surface area contributed by atoms with Gasteiger partial charge in [-0.3, -0.25) is 14.5 Å². The highest BCUT2D eigenvalue weighted by atomic mass is 16.5. The summed E-state index contributed by atoms with van der Waals surface area (Å²) in [6.07, 6.45) is 0.685. The highest BCUT2D eigenvalue weighted by molar-refractivity contribution is 6.02. The van der Waals surface area contributed by atoms with Crippen LogP contribution in [0.15, 0.2) is 66.7 Å². The van der Waals surface area contributed by atoms with Gasteiger partial charge in [-0.25, -0.2) is 4.68 Å². The molecule has 0 fully saturated rings. The summed E-state index contributed by atoms with van der Waals surface area (Å²) < 4.78 is 18.1. The number of methoxy groups -OCH3 is 3. The minimum Gasteiger partial charge on any atom is -0.495 e. The number of rotatable bonds is 11. The number of carbonyl (C=O) groups is 2. The number of fused-ring (bicyclic) bond motifs is 1. The van der Waals surface area contributed by atoms with E-state index in [9.17, 15) is 9.59 Å². The summed E-state index contributed by atoms with van der Waals surface area (Å²) in [5.74, 6) is 0.629. The summed E-state index contributed by atoms with van der Waals surface area (Å²) in [7, 11) is 4.59. The van der Waals surface area contributed by atoms with Crippen molar-refractivity contribution in [3.8, 4) is 17.2 Å². The third-order valence-electron chi connectivity index (χ3n) is 6.89. The number of para-hydroxylation sites is 3. The van der Waals surface area contributed by atoms with E-state index in [1.54, 1.807) is 43.5 Å². The molecule has 2 amide bonds. The van der Waals surface area contributed by atoms with Crippen LogP contribution in [0, 0.1) is 0 Å². The van der Waals surface area contributed by atoms with Gasteiger partial charge in [0, 0.05) is 5.54 Å². The largest absolute Gasteiger partial charge is 0.495 e. The molecule has 3 aromatic carbocycles. The first-order chi connectivity index (χ1) is 19.2. The smallest absolute Gasteiger partial charge is 0.249 e. The van der Waals surface area contributed by atoms with Crippen LogP contribution in [0.4, 0.5) is 5.69 Å². The molecule has 0 bridgehead atoms. The zero-order valence-electron chi connectivity index (χ0n) is 23.7. The molecule has 1 atom stereocenters. The number of amides is 2. The summed E-state index contributed by atoms with van der Waals surface area (Å²) >= 11 is 0. The number of ether oxygens (including phenoxy) is 3. The Bertz CT molecular complexity index is 1500. The van der Waals surface area contributed by atoms with Crippen molar-refractivity contribution in [3.05, 3.63) is 72.3 Å². The van der Waals surface area contributed by atoms with Crippen molar-refractivity contribution in [2.45, 2.75) is 45.3 Å². The van der Waals surface area contributed by atoms with Gasteiger partial charge in [0.05, 0.1) is 32.5 Å². The molecule has 10 heteroatoms. The number of nitrogens with zero attached hydrogens (tertiary/aromatic N) is 4. The van der Waals surface area contributed by atoms with E-state index in [2.05, 4.69) is 15.6 Å². The number of aromatic nitrogens is 3. The minimum atomic E-state index is -1.08. The Morgan fingerprint density at radius 3 is 2.30 bits per heavy atom. The zero-order chi connectivity index (χ0) is 28.9. The van der Waals surface area contributed by atoms with E-state index >= 15 is 0 Å². The topological polar surface area (TPSA) is 108 Å². The van der Waals surface area contributed by atoms with Crippen LogP contribution in [0.3, 0.4) is 0 Å². The molecule has 10 nitrogen and oxygen atoms in total. The van der Waals surface area contributed by atoms with E-state index in [1.165, 1.54) is 23.8 Å². The summed E-state index contributed by atoms with van der Waals surface area (Å²) in [6, 6.07) is 18.6. The maximum Gasteiger partial charge on any atom is 0.249 e. The maximum absolute atomic E-state index is 14.3. The van der Waals surface area contributed by atoms with E-state index in [1.807, 2.05) is 51.1 Å². The first-order valence-corrected chi connectivity index (χ1v) is 13.0. The second kappa shape index (κ2) is 12.1. The quantitative estimate of drug-likeness (QED) is 0.295. The Hall–Kier alpha value is -4.60. The van der Waals surface area contributed by atoms with E-state index in [-0.39, 0.29) is 18.4 Å². The minimum absolute atomic E-state index is 0.160. The highest BCUT2D eigenvalue weighted by Gasteiger charge is 2.37. The average Bonchev–Trinajstić information content (AvgIpc) is 3.37. The lowest BCUT2D eigenvalue weighted by molar-refractivity contribution is -0.128. The molecule has 4 rings (SSSR count). The van der Waals surface area contributed by atoms with Gasteiger partial charge in [-0.2, -0.15) is 0 Å². The third kappa shape index (κ3) is 5.85. The van der Waals surface area contributed by atoms with Crippen molar-refractivity contribution >= 4 is 28.5 Å². The molecule has 0 saturated carbocycles. The van der Waals surface area contributed by atoms with E-state index < -0.39 is 11.6 Å². The van der Waals surface area contributed by atoms with Crippen LogP contribution in [0.2, 0.25) is 0 Å². The molecule has 0 aliphatic rings. The average molecular weight is 546 g/mol. The summed E-state index contributed by atoms with van der Waals surface area (Å²) in [5.41, 5.74) is 1.81. The summed E-state index contributed by atoms with van der Waals surface area (Å²) in [6.45, 7) is 5.71. The monoisotopic (exact) mass is 545 g/mol. The van der Waals surface area contributed by atoms with Crippen molar-refractivity contribution in [1.82, 2.24) is 20.3 Å². The highest BCUT2D eigenvalue weighted by Crippen LogP contribution is 2.38. The predicted molar refractivity (Wildman–Crippen MR) is 153 cm³/mol. The predicted octanol–water partition coefficient (Wildman–Crippen LogP) is 4.54. The normalized spacial score (nSPS) is 12.1. The number of hydrogen-bond acceptors (Lipinski definition) is 7. The standard InChI is InChI=1S/C30H35N5O5/c1-7-30(2,3)31-29(37)28(20-16-17-25(39-5)26(18-20)40-6)35(23-14-10-11-15-24(23)38-4)27(36)19-34-22-13-9-8-12-21(22)32-33-34/h8-18,28H,7,19H2,1-6H3,(H,31,37)/t28-/m1/s1. The van der Waals surface area contributed by atoms with Gasteiger partial charge >= 0.3 is 0 Å². The molecule has 1 heterocycles. The van der Waals surface area contributed by atoms with E-state index in [4.69, 9.17) is 14.2 Å². The lowest BCUT2D eigenvalue weighted by Gasteiger charge is -2.35. The molecule has 0 saturated heterocycles. The number of carbonyl (C=O) groups excluding carboxylic acids is 2. The van der Waals surface area contributed by atoms with Gasteiger partial charge in [-0.15, -0.1) is 5.10 Å². The van der Waals surface area contributed by atoms with Gasteiger partial charge in [0.15, 0.2) is 11.5 Å². The zero-order valence-corrected chi connectivity index (χ0v) is 23.7. The first kappa shape index (κ1) is 28.4. The van der Waals surface area contributed by atoms with Crippen LogP contribution < -0.4 is 24.4 Å². The van der Waals surface area contributed by atoms with Crippen LogP contribution in [-0.4, -0.2) is 53.7 Å². The SMILES string of the molecule is CCC(C)(C)NC(=O)[C@@H](c1ccc(OC)c(OC)c1)N(C(=O)Cn1nnc2ccccc21)c1ccccc1OC. The summed E-state index contributed by atoms with van der Waals surface area (Å²) in [4.78, 5) is 29.9. The molecule has 1 N–H and O–H groups in total. The molecule has 40 heavy (non-hydrogen) atoms. The molecule has 0 radical (unpaired) electrons.